The Balaban J connectivity index is 1.05. The Morgan fingerprint density at radius 3 is 2.37 bits per heavy atom. The molecule has 334 valence electrons. The SMILES string of the molecule is CC[C@H](C)[C@H](NC(=O)OC)C(=O)N1C[C@@H](COC)C[C@H]1c1nc2c(ccc3cc4c(cc32)OCc2cc(-c3cnc([C@@H]5CC[C@H](C)N5C(=O)C(NC(=O)OC)C(C)C)[nH]3)ccc2-4)[nH]1. The Hall–Kier alpha value is -6.16. The number of nitrogens with one attached hydrogen (secondary N) is 4. The molecule has 63 heavy (non-hydrogen) atoms. The average Bonchev–Trinajstić information content (AvgIpc) is 4.11. The molecule has 1 unspecified atom stereocenters. The Morgan fingerprint density at radius 1 is 0.889 bits per heavy atom. The minimum Gasteiger partial charge on any atom is -0.488 e. The molecule has 0 saturated carbocycles. The zero-order chi connectivity index (χ0) is 44.7. The number of fused-ring (bicyclic) bond motifs is 6. The number of alkyl carbamates (subject to hydrolysis) is 2. The van der Waals surface area contributed by atoms with Crippen molar-refractivity contribution in [2.75, 3.05) is 34.5 Å². The van der Waals surface area contributed by atoms with Gasteiger partial charge >= 0.3 is 12.2 Å². The van der Waals surface area contributed by atoms with Crippen LogP contribution in [0.4, 0.5) is 9.59 Å². The molecular formula is C47H58N8O8. The lowest BCUT2D eigenvalue weighted by Crippen LogP contribution is -2.52. The van der Waals surface area contributed by atoms with Crippen molar-refractivity contribution in [2.45, 2.75) is 97.1 Å². The molecule has 5 aromatic rings. The van der Waals surface area contributed by atoms with E-state index in [9.17, 15) is 19.2 Å². The predicted molar refractivity (Wildman–Crippen MR) is 237 cm³/mol. The number of carbonyl (C=O) groups is 4. The zero-order valence-electron chi connectivity index (χ0n) is 37.2. The van der Waals surface area contributed by atoms with Crippen molar-refractivity contribution in [3.63, 3.8) is 0 Å². The lowest BCUT2D eigenvalue weighted by atomic mass is 9.92. The van der Waals surface area contributed by atoms with E-state index in [-0.39, 0.29) is 47.7 Å². The topological polar surface area (TPSA) is 193 Å². The number of nitrogens with zero attached hydrogens (tertiary/aromatic N) is 4. The molecule has 5 heterocycles. The molecule has 4 N–H and O–H groups in total. The zero-order valence-corrected chi connectivity index (χ0v) is 37.2. The lowest BCUT2D eigenvalue weighted by Gasteiger charge is -2.32. The van der Waals surface area contributed by atoms with Crippen LogP contribution >= 0.6 is 0 Å². The van der Waals surface area contributed by atoms with Gasteiger partial charge in [-0.05, 0) is 84.4 Å². The molecule has 16 nitrogen and oxygen atoms in total. The molecular weight excluding hydrogens is 805 g/mol. The number of hydrogen-bond acceptors (Lipinski definition) is 10. The number of methoxy groups -OCH3 is 3. The molecule has 4 amide bonds. The monoisotopic (exact) mass is 862 g/mol. The summed E-state index contributed by atoms with van der Waals surface area (Å²) < 4.78 is 21.7. The standard InChI is InChI=1S/C47H58N8O8/c1-9-25(4)40(53-47(59)62-8)44(56)54-21-27(22-60-6)16-37(54)43-49-34-14-12-28-18-33-31-13-11-29(17-30(31)23-63-38(33)19-32(28)41(34)51-43)35-20-48-42(50-35)36-15-10-26(5)55(36)45(57)39(24(2)3)52-46(58)61-7/h11-14,17-20,24-27,36-37,39-40H,9-10,15-16,21-23H2,1-8H3,(H,48,50)(H,49,51)(H,52,58)(H,53,59)/t25-,26-,27-,36-,37-,39?,40-/m0/s1. The highest BCUT2D eigenvalue weighted by atomic mass is 16.5. The number of aromatic amines is 2. The predicted octanol–water partition coefficient (Wildman–Crippen LogP) is 7.40. The van der Waals surface area contributed by atoms with Crippen molar-refractivity contribution in [2.24, 2.45) is 17.8 Å². The number of rotatable bonds is 12. The van der Waals surface area contributed by atoms with Gasteiger partial charge in [-0.1, -0.05) is 52.3 Å². The minimum absolute atomic E-state index is 0.0206. The molecule has 3 aliphatic heterocycles. The maximum Gasteiger partial charge on any atom is 0.407 e. The summed E-state index contributed by atoms with van der Waals surface area (Å²) in [5, 5.41) is 7.44. The number of H-pyrrole nitrogens is 2. The number of aromatic nitrogens is 4. The van der Waals surface area contributed by atoms with Crippen LogP contribution in [0.5, 0.6) is 5.75 Å². The van der Waals surface area contributed by atoms with Gasteiger partial charge in [0.15, 0.2) is 0 Å². The van der Waals surface area contributed by atoms with Gasteiger partial charge in [-0.3, -0.25) is 9.59 Å². The molecule has 2 fully saturated rings. The Bertz CT molecular complexity index is 2530. The number of benzene rings is 3. The smallest absolute Gasteiger partial charge is 0.407 e. The van der Waals surface area contributed by atoms with Gasteiger partial charge < -0.3 is 49.3 Å². The fraction of sp³-hybridized carbons (Fsp3) is 0.489. The van der Waals surface area contributed by atoms with E-state index in [0.29, 0.717) is 44.2 Å². The number of amides is 4. The first kappa shape index (κ1) is 43.5. The molecule has 3 aliphatic rings. The van der Waals surface area contributed by atoms with E-state index in [1.165, 1.54) is 14.2 Å². The largest absolute Gasteiger partial charge is 0.488 e. The summed E-state index contributed by atoms with van der Waals surface area (Å²) in [5.74, 6) is 1.67. The van der Waals surface area contributed by atoms with E-state index in [1.54, 1.807) is 7.11 Å². The van der Waals surface area contributed by atoms with E-state index in [1.807, 2.05) is 56.7 Å². The van der Waals surface area contributed by atoms with Crippen LogP contribution in [0.15, 0.2) is 48.7 Å². The second-order valence-corrected chi connectivity index (χ2v) is 17.6. The summed E-state index contributed by atoms with van der Waals surface area (Å²) in [6.45, 7) is 11.1. The molecule has 0 aliphatic carbocycles. The van der Waals surface area contributed by atoms with Gasteiger partial charge in [-0.15, -0.1) is 0 Å². The Labute approximate surface area is 366 Å². The van der Waals surface area contributed by atoms with Crippen LogP contribution in [-0.2, 0) is 30.4 Å². The van der Waals surface area contributed by atoms with Crippen LogP contribution < -0.4 is 15.4 Å². The van der Waals surface area contributed by atoms with Crippen molar-refractivity contribution < 1.29 is 38.1 Å². The number of likely N-dealkylation sites (tertiary alicyclic amines) is 2. The Kier molecular flexibility index (Phi) is 12.4. The number of imidazole rings is 2. The van der Waals surface area contributed by atoms with E-state index in [2.05, 4.69) is 57.0 Å². The summed E-state index contributed by atoms with van der Waals surface area (Å²) in [6.07, 6.45) is 3.46. The molecule has 0 radical (unpaired) electrons. The molecule has 7 atom stereocenters. The van der Waals surface area contributed by atoms with E-state index in [4.69, 9.17) is 28.9 Å². The molecule has 16 heteroatoms. The van der Waals surface area contributed by atoms with E-state index < -0.39 is 24.3 Å². The molecule has 3 aromatic carbocycles. The molecule has 2 aromatic heterocycles. The van der Waals surface area contributed by atoms with Crippen LogP contribution in [-0.4, -0.2) is 106 Å². The number of hydrogen-bond donors (Lipinski definition) is 4. The first-order valence-corrected chi connectivity index (χ1v) is 21.9. The van der Waals surface area contributed by atoms with Gasteiger partial charge in [-0.2, -0.15) is 0 Å². The maximum absolute atomic E-state index is 14.2. The van der Waals surface area contributed by atoms with Crippen molar-refractivity contribution >= 4 is 45.8 Å². The molecule has 0 bridgehead atoms. The molecule has 0 spiro atoms. The summed E-state index contributed by atoms with van der Waals surface area (Å²) >= 11 is 0. The third kappa shape index (κ3) is 8.28. The number of ether oxygens (including phenoxy) is 4. The summed E-state index contributed by atoms with van der Waals surface area (Å²) in [5.41, 5.74) is 6.51. The van der Waals surface area contributed by atoms with Crippen molar-refractivity contribution in [1.29, 1.82) is 0 Å². The summed E-state index contributed by atoms with van der Waals surface area (Å²) in [4.78, 5) is 73.2. The van der Waals surface area contributed by atoms with Crippen LogP contribution in [0.1, 0.15) is 89.6 Å². The third-order valence-corrected chi connectivity index (χ3v) is 13.2. The second-order valence-electron chi connectivity index (χ2n) is 17.6. The average molecular weight is 863 g/mol. The normalized spacial score (nSPS) is 20.8. The third-order valence-electron chi connectivity index (χ3n) is 13.2. The van der Waals surface area contributed by atoms with Crippen molar-refractivity contribution in [1.82, 2.24) is 40.4 Å². The van der Waals surface area contributed by atoms with Crippen molar-refractivity contribution in [3.05, 3.63) is 65.9 Å². The quantitative estimate of drug-likeness (QED) is 0.0982. The first-order valence-electron chi connectivity index (χ1n) is 21.9. The molecule has 8 rings (SSSR count). The maximum atomic E-state index is 14.2. The van der Waals surface area contributed by atoms with Crippen LogP contribution in [0.2, 0.25) is 0 Å². The Morgan fingerprint density at radius 2 is 1.65 bits per heavy atom. The summed E-state index contributed by atoms with van der Waals surface area (Å²) in [6, 6.07) is 12.5. The van der Waals surface area contributed by atoms with Crippen LogP contribution in [0.25, 0.3) is 44.2 Å². The highest BCUT2D eigenvalue weighted by molar-refractivity contribution is 6.07. The minimum atomic E-state index is -0.748. The second kappa shape index (κ2) is 17.9. The fourth-order valence-corrected chi connectivity index (χ4v) is 9.60. The van der Waals surface area contributed by atoms with E-state index >= 15 is 0 Å². The van der Waals surface area contributed by atoms with Crippen LogP contribution in [0, 0.1) is 17.8 Å². The molecule has 2 saturated heterocycles. The van der Waals surface area contributed by atoms with E-state index in [0.717, 1.165) is 68.3 Å². The van der Waals surface area contributed by atoms with Gasteiger partial charge in [0, 0.05) is 36.6 Å². The lowest BCUT2D eigenvalue weighted by molar-refractivity contribution is -0.137. The summed E-state index contributed by atoms with van der Waals surface area (Å²) in [7, 11) is 4.25. The van der Waals surface area contributed by atoms with Gasteiger partial charge in [0.05, 0.1) is 55.8 Å². The van der Waals surface area contributed by atoms with Gasteiger partial charge in [0.25, 0.3) is 0 Å². The highest BCUT2D eigenvalue weighted by Gasteiger charge is 2.43. The van der Waals surface area contributed by atoms with Gasteiger partial charge in [-0.25, -0.2) is 19.6 Å². The fourth-order valence-electron chi connectivity index (χ4n) is 9.60. The van der Waals surface area contributed by atoms with Crippen LogP contribution in [0.3, 0.4) is 0 Å². The number of carbonyl (C=O) groups excluding carboxylic acids is 4. The highest BCUT2D eigenvalue weighted by Crippen LogP contribution is 2.44. The first-order chi connectivity index (χ1) is 30.3. The van der Waals surface area contributed by atoms with Gasteiger partial charge in [0.2, 0.25) is 11.8 Å². The van der Waals surface area contributed by atoms with Gasteiger partial charge in [0.1, 0.15) is 36.1 Å². The van der Waals surface area contributed by atoms with Crippen molar-refractivity contribution in [3.8, 4) is 28.1 Å².